The molecule has 0 atom stereocenters. The minimum absolute atomic E-state index is 0.172. The Bertz CT molecular complexity index is 499. The smallest absolute Gasteiger partial charge is 0.214 e. The highest BCUT2D eigenvalue weighted by Crippen LogP contribution is 2.22. The van der Waals surface area contributed by atoms with E-state index in [1.807, 2.05) is 18.3 Å². The van der Waals surface area contributed by atoms with Gasteiger partial charge < -0.3 is 5.32 Å². The van der Waals surface area contributed by atoms with Gasteiger partial charge in [-0.05, 0) is 37.4 Å². The summed E-state index contributed by atoms with van der Waals surface area (Å²) < 4.78 is 26.9. The molecule has 0 amide bonds. The summed E-state index contributed by atoms with van der Waals surface area (Å²) in [5, 5.41) is 3.12. The van der Waals surface area contributed by atoms with E-state index in [1.54, 1.807) is 6.20 Å². The summed E-state index contributed by atoms with van der Waals surface area (Å²) in [4.78, 5) is 4.05. The molecule has 1 heterocycles. The van der Waals surface area contributed by atoms with Gasteiger partial charge in [-0.15, -0.1) is 0 Å². The number of hydrogen-bond donors (Lipinski definition) is 2. The molecule has 0 saturated heterocycles. The van der Waals surface area contributed by atoms with E-state index < -0.39 is 10.0 Å². The van der Waals surface area contributed by atoms with E-state index >= 15 is 0 Å². The Morgan fingerprint density at radius 3 is 2.71 bits per heavy atom. The molecule has 0 spiro atoms. The summed E-state index contributed by atoms with van der Waals surface area (Å²) >= 11 is 0. The lowest BCUT2D eigenvalue weighted by Crippen LogP contribution is -2.36. The molecule has 0 aromatic carbocycles. The third-order valence-corrected chi connectivity index (χ3v) is 5.83. The van der Waals surface area contributed by atoms with Crippen LogP contribution in [0.2, 0.25) is 0 Å². The summed E-state index contributed by atoms with van der Waals surface area (Å²) in [6.45, 7) is 2.07. The van der Waals surface area contributed by atoms with Gasteiger partial charge in [0.2, 0.25) is 10.0 Å². The average Bonchev–Trinajstić information content (AvgIpc) is 2.52. The second-order valence-corrected chi connectivity index (χ2v) is 7.64. The fraction of sp³-hybridized carbons (Fsp3) is 0.667. The maximum absolute atomic E-state index is 12.1. The van der Waals surface area contributed by atoms with Crippen molar-refractivity contribution in [2.45, 2.75) is 50.3 Å². The van der Waals surface area contributed by atoms with E-state index in [1.165, 1.54) is 6.42 Å². The van der Waals surface area contributed by atoms with Crippen LogP contribution in [0, 0.1) is 0 Å². The maximum Gasteiger partial charge on any atom is 0.214 e. The molecule has 1 saturated carbocycles. The molecule has 6 heteroatoms. The second kappa shape index (κ2) is 8.46. The van der Waals surface area contributed by atoms with E-state index in [0.717, 1.165) is 50.8 Å². The van der Waals surface area contributed by atoms with Crippen molar-refractivity contribution in [1.29, 1.82) is 0 Å². The molecule has 1 aromatic rings. The second-order valence-electron chi connectivity index (χ2n) is 5.59. The zero-order chi connectivity index (χ0) is 15.0. The third-order valence-electron chi connectivity index (χ3n) is 3.88. The van der Waals surface area contributed by atoms with Crippen molar-refractivity contribution in [1.82, 2.24) is 15.0 Å². The molecular weight excluding hydrogens is 286 g/mol. The first-order valence-corrected chi connectivity index (χ1v) is 9.31. The topological polar surface area (TPSA) is 71.1 Å². The number of nitrogens with one attached hydrogen (secondary N) is 2. The molecule has 0 bridgehead atoms. The SMILES string of the molecule is O=S(=O)(NCCCNCc1cccnc1)C1CCCCC1. The van der Waals surface area contributed by atoms with Gasteiger partial charge in [0.1, 0.15) is 0 Å². The van der Waals surface area contributed by atoms with Gasteiger partial charge in [-0.1, -0.05) is 25.3 Å². The van der Waals surface area contributed by atoms with Crippen LogP contribution in [-0.2, 0) is 16.6 Å². The molecule has 1 fully saturated rings. The lowest BCUT2D eigenvalue weighted by atomic mass is 10.0. The molecule has 1 aliphatic carbocycles. The van der Waals surface area contributed by atoms with Crippen molar-refractivity contribution >= 4 is 10.0 Å². The van der Waals surface area contributed by atoms with Crippen LogP contribution in [0.5, 0.6) is 0 Å². The molecule has 21 heavy (non-hydrogen) atoms. The zero-order valence-corrected chi connectivity index (χ0v) is 13.2. The fourth-order valence-corrected chi connectivity index (χ4v) is 4.28. The summed E-state index contributed by atoms with van der Waals surface area (Å²) in [5.74, 6) is 0. The summed E-state index contributed by atoms with van der Waals surface area (Å²) in [6, 6.07) is 3.93. The van der Waals surface area contributed by atoms with Crippen LogP contribution < -0.4 is 10.0 Å². The van der Waals surface area contributed by atoms with Gasteiger partial charge in [0.25, 0.3) is 0 Å². The van der Waals surface area contributed by atoms with Crippen molar-refractivity contribution in [2.24, 2.45) is 0 Å². The summed E-state index contributed by atoms with van der Waals surface area (Å²) in [6.07, 6.45) is 9.26. The first-order chi connectivity index (χ1) is 10.2. The van der Waals surface area contributed by atoms with Crippen LogP contribution in [0.15, 0.2) is 24.5 Å². The lowest BCUT2D eigenvalue weighted by molar-refractivity contribution is 0.476. The largest absolute Gasteiger partial charge is 0.313 e. The molecule has 0 radical (unpaired) electrons. The van der Waals surface area contributed by atoms with Crippen LogP contribution >= 0.6 is 0 Å². The first kappa shape index (κ1) is 16.4. The van der Waals surface area contributed by atoms with E-state index in [4.69, 9.17) is 0 Å². The van der Waals surface area contributed by atoms with Gasteiger partial charge >= 0.3 is 0 Å². The van der Waals surface area contributed by atoms with E-state index in [9.17, 15) is 8.42 Å². The number of pyridine rings is 1. The standard InChI is InChI=1S/C15H25N3O2S/c19-21(20,15-7-2-1-3-8-15)18-11-5-10-17-13-14-6-4-9-16-12-14/h4,6,9,12,15,17-18H,1-3,5,7-8,10-11,13H2. The number of aromatic nitrogens is 1. The van der Waals surface area contributed by atoms with Gasteiger partial charge in [-0.3, -0.25) is 4.98 Å². The van der Waals surface area contributed by atoms with Crippen LogP contribution in [0.1, 0.15) is 44.1 Å². The number of nitrogens with zero attached hydrogens (tertiary/aromatic N) is 1. The molecule has 0 unspecified atom stereocenters. The minimum Gasteiger partial charge on any atom is -0.313 e. The molecule has 1 aliphatic rings. The van der Waals surface area contributed by atoms with Gasteiger partial charge in [0.15, 0.2) is 0 Å². The molecule has 2 N–H and O–H groups in total. The Morgan fingerprint density at radius 2 is 2.00 bits per heavy atom. The predicted molar refractivity (Wildman–Crippen MR) is 84.4 cm³/mol. The maximum atomic E-state index is 12.1. The number of rotatable bonds is 8. The highest BCUT2D eigenvalue weighted by molar-refractivity contribution is 7.90. The summed E-state index contributed by atoms with van der Waals surface area (Å²) in [5.41, 5.74) is 1.14. The lowest BCUT2D eigenvalue weighted by Gasteiger charge is -2.22. The van der Waals surface area contributed by atoms with Crippen LogP contribution in [0.25, 0.3) is 0 Å². The molecular formula is C15H25N3O2S. The van der Waals surface area contributed by atoms with E-state index in [-0.39, 0.29) is 5.25 Å². The Labute approximate surface area is 127 Å². The molecule has 118 valence electrons. The van der Waals surface area contributed by atoms with Crippen molar-refractivity contribution < 1.29 is 8.42 Å². The Morgan fingerprint density at radius 1 is 1.19 bits per heavy atom. The van der Waals surface area contributed by atoms with Crippen LogP contribution in [0.4, 0.5) is 0 Å². The Kier molecular flexibility index (Phi) is 6.60. The third kappa shape index (κ3) is 5.73. The van der Waals surface area contributed by atoms with Crippen molar-refractivity contribution in [3.8, 4) is 0 Å². The quantitative estimate of drug-likeness (QED) is 0.718. The number of sulfonamides is 1. The Hall–Kier alpha value is -0.980. The van der Waals surface area contributed by atoms with Gasteiger partial charge in [0.05, 0.1) is 5.25 Å². The molecule has 5 nitrogen and oxygen atoms in total. The van der Waals surface area contributed by atoms with Crippen molar-refractivity contribution in [2.75, 3.05) is 13.1 Å². The first-order valence-electron chi connectivity index (χ1n) is 7.76. The molecule has 2 rings (SSSR count). The highest BCUT2D eigenvalue weighted by Gasteiger charge is 2.26. The van der Waals surface area contributed by atoms with Crippen LogP contribution in [-0.4, -0.2) is 31.7 Å². The van der Waals surface area contributed by atoms with Crippen molar-refractivity contribution in [3.05, 3.63) is 30.1 Å². The van der Waals surface area contributed by atoms with Gasteiger partial charge in [0, 0.05) is 25.5 Å². The normalized spacial score (nSPS) is 17.0. The molecule has 0 aliphatic heterocycles. The minimum atomic E-state index is -3.11. The van der Waals surface area contributed by atoms with Gasteiger partial charge in [-0.25, -0.2) is 13.1 Å². The van der Waals surface area contributed by atoms with Crippen LogP contribution in [0.3, 0.4) is 0 Å². The average molecular weight is 311 g/mol. The van der Waals surface area contributed by atoms with Gasteiger partial charge in [-0.2, -0.15) is 0 Å². The predicted octanol–water partition coefficient (Wildman–Crippen LogP) is 1.81. The number of hydrogen-bond acceptors (Lipinski definition) is 4. The molecule has 1 aromatic heterocycles. The van der Waals surface area contributed by atoms with Crippen molar-refractivity contribution in [3.63, 3.8) is 0 Å². The Balaban J connectivity index is 1.58. The van der Waals surface area contributed by atoms with E-state index in [2.05, 4.69) is 15.0 Å². The van der Waals surface area contributed by atoms with E-state index in [0.29, 0.717) is 6.54 Å². The highest BCUT2D eigenvalue weighted by atomic mass is 32.2. The monoisotopic (exact) mass is 311 g/mol. The fourth-order valence-electron chi connectivity index (χ4n) is 2.66. The summed E-state index contributed by atoms with van der Waals surface area (Å²) in [7, 11) is -3.11. The zero-order valence-electron chi connectivity index (χ0n) is 12.4.